The van der Waals surface area contributed by atoms with Gasteiger partial charge >= 0.3 is 6.18 Å². The molecule has 7 nitrogen and oxygen atoms in total. The number of aryl methyl sites for hydroxylation is 1. The van der Waals surface area contributed by atoms with Gasteiger partial charge in [-0.15, -0.1) is 0 Å². The monoisotopic (exact) mass is 441 g/mol. The molecule has 3 rings (SSSR count). The molecule has 0 bridgehead atoms. The first-order valence-corrected chi connectivity index (χ1v) is 9.04. The molecule has 0 aliphatic heterocycles. The van der Waals surface area contributed by atoms with Crippen LogP contribution in [0.2, 0.25) is 0 Å². The van der Waals surface area contributed by atoms with Crippen LogP contribution in [0.4, 0.5) is 24.5 Å². The summed E-state index contributed by atoms with van der Waals surface area (Å²) in [5, 5.41) is 22.8. The maximum Gasteiger partial charge on any atom is 0.416 e. The second-order valence-electron chi connectivity index (χ2n) is 6.68. The van der Waals surface area contributed by atoms with E-state index in [1.54, 1.807) is 19.1 Å². The number of nitrogens with zero attached hydrogens (tertiary/aromatic N) is 2. The first kappa shape index (κ1) is 22.3. The fourth-order valence-corrected chi connectivity index (χ4v) is 2.84. The molecule has 1 N–H and O–H groups in total. The van der Waals surface area contributed by atoms with Crippen molar-refractivity contribution in [2.45, 2.75) is 13.1 Å². The number of nitrogens with one attached hydrogen (secondary N) is 1. The minimum Gasteiger partial charge on any atom is -0.456 e. The zero-order chi connectivity index (χ0) is 23.5. The summed E-state index contributed by atoms with van der Waals surface area (Å²) >= 11 is 0. The number of halogens is 3. The molecule has 0 atom stereocenters. The standard InChI is InChI=1S/C22H14F3N3O4/c1-13-5-7-18(19(9-13)28(30)31)20-8-6-17(32-20)10-14(12-26)21(29)27-16-4-2-3-15(11-16)22(23,24)25/h2-11H,1H3,(H,27,29)/b14-10+. The minimum atomic E-state index is -4.59. The highest BCUT2D eigenvalue weighted by molar-refractivity contribution is 6.09. The van der Waals surface area contributed by atoms with Crippen LogP contribution in [0.5, 0.6) is 0 Å². The van der Waals surface area contributed by atoms with Crippen molar-refractivity contribution in [2.24, 2.45) is 0 Å². The summed E-state index contributed by atoms with van der Waals surface area (Å²) in [6.07, 6.45) is -3.50. The zero-order valence-electron chi connectivity index (χ0n) is 16.4. The van der Waals surface area contributed by atoms with Gasteiger partial charge in [-0.05, 0) is 48.9 Å². The third kappa shape index (κ3) is 5.02. The first-order valence-electron chi connectivity index (χ1n) is 9.04. The maximum absolute atomic E-state index is 12.8. The van der Waals surface area contributed by atoms with Crippen LogP contribution >= 0.6 is 0 Å². The van der Waals surface area contributed by atoms with E-state index in [4.69, 9.17) is 4.42 Å². The second-order valence-corrected chi connectivity index (χ2v) is 6.68. The van der Waals surface area contributed by atoms with Crippen LogP contribution < -0.4 is 5.32 Å². The van der Waals surface area contributed by atoms with Crippen molar-refractivity contribution >= 4 is 23.4 Å². The fraction of sp³-hybridized carbons (Fsp3) is 0.0909. The smallest absolute Gasteiger partial charge is 0.416 e. The van der Waals surface area contributed by atoms with Crippen LogP contribution in [0.15, 0.2) is 64.6 Å². The number of nitriles is 1. The Bertz CT molecular complexity index is 1270. The van der Waals surface area contributed by atoms with E-state index in [2.05, 4.69) is 5.32 Å². The average molecular weight is 441 g/mol. The molecule has 1 amide bonds. The van der Waals surface area contributed by atoms with Crippen LogP contribution in [0.3, 0.4) is 0 Å². The molecule has 0 spiro atoms. The van der Waals surface area contributed by atoms with Crippen molar-refractivity contribution in [1.82, 2.24) is 0 Å². The Labute approximate surface area is 179 Å². The number of anilines is 1. The molecule has 32 heavy (non-hydrogen) atoms. The molecule has 0 fully saturated rings. The van der Waals surface area contributed by atoms with Gasteiger partial charge in [-0.1, -0.05) is 12.1 Å². The van der Waals surface area contributed by atoms with Crippen LogP contribution in [-0.2, 0) is 11.0 Å². The average Bonchev–Trinajstić information content (AvgIpc) is 3.19. The van der Waals surface area contributed by atoms with Crippen molar-refractivity contribution in [3.8, 4) is 17.4 Å². The molecule has 0 unspecified atom stereocenters. The molecule has 0 aliphatic carbocycles. The van der Waals surface area contributed by atoms with Crippen LogP contribution in [0.1, 0.15) is 16.9 Å². The summed E-state index contributed by atoms with van der Waals surface area (Å²) in [6, 6.07) is 13.1. The third-order valence-corrected chi connectivity index (χ3v) is 4.34. The number of amides is 1. The number of carbonyl (C=O) groups excluding carboxylic acids is 1. The lowest BCUT2D eigenvalue weighted by atomic mass is 10.1. The van der Waals surface area contributed by atoms with Crippen molar-refractivity contribution in [3.05, 3.63) is 87.2 Å². The van der Waals surface area contributed by atoms with Crippen molar-refractivity contribution < 1.29 is 27.3 Å². The Hall–Kier alpha value is -4.39. The Morgan fingerprint density at radius 3 is 2.59 bits per heavy atom. The highest BCUT2D eigenvalue weighted by atomic mass is 19.4. The Kier molecular flexibility index (Phi) is 6.11. The number of alkyl halides is 3. The second kappa shape index (κ2) is 8.77. The summed E-state index contributed by atoms with van der Waals surface area (Å²) in [4.78, 5) is 23.1. The van der Waals surface area contributed by atoms with E-state index in [0.29, 0.717) is 5.56 Å². The molecule has 10 heteroatoms. The number of nitro groups is 1. The van der Waals surface area contributed by atoms with E-state index in [1.165, 1.54) is 30.3 Å². The molecule has 0 saturated heterocycles. The van der Waals surface area contributed by atoms with E-state index in [-0.39, 0.29) is 28.5 Å². The van der Waals surface area contributed by atoms with E-state index in [0.717, 1.165) is 24.3 Å². The normalized spacial score (nSPS) is 11.7. The molecule has 3 aromatic rings. The summed E-state index contributed by atoms with van der Waals surface area (Å²) in [7, 11) is 0. The Morgan fingerprint density at radius 2 is 1.94 bits per heavy atom. The van der Waals surface area contributed by atoms with Crippen LogP contribution in [0.25, 0.3) is 17.4 Å². The van der Waals surface area contributed by atoms with Gasteiger partial charge in [0.15, 0.2) is 0 Å². The number of benzene rings is 2. The van der Waals surface area contributed by atoms with Crippen molar-refractivity contribution in [2.75, 3.05) is 5.32 Å². The highest BCUT2D eigenvalue weighted by Crippen LogP contribution is 2.33. The minimum absolute atomic E-state index is 0.0608. The molecule has 0 radical (unpaired) electrons. The topological polar surface area (TPSA) is 109 Å². The lowest BCUT2D eigenvalue weighted by molar-refractivity contribution is -0.384. The highest BCUT2D eigenvalue weighted by Gasteiger charge is 2.30. The lowest BCUT2D eigenvalue weighted by Crippen LogP contribution is -2.14. The molecule has 162 valence electrons. The first-order chi connectivity index (χ1) is 15.1. The van der Waals surface area contributed by atoms with Gasteiger partial charge in [-0.2, -0.15) is 18.4 Å². The fourth-order valence-electron chi connectivity index (χ4n) is 2.84. The van der Waals surface area contributed by atoms with Gasteiger partial charge in [-0.3, -0.25) is 14.9 Å². The van der Waals surface area contributed by atoms with Crippen LogP contribution in [-0.4, -0.2) is 10.8 Å². The number of carbonyl (C=O) groups is 1. The molecular formula is C22H14F3N3O4. The molecule has 2 aromatic carbocycles. The Morgan fingerprint density at radius 1 is 1.19 bits per heavy atom. The number of rotatable bonds is 5. The lowest BCUT2D eigenvalue weighted by Gasteiger charge is -2.09. The van der Waals surface area contributed by atoms with Crippen molar-refractivity contribution in [1.29, 1.82) is 5.26 Å². The quantitative estimate of drug-likeness (QED) is 0.235. The molecule has 0 saturated carbocycles. The largest absolute Gasteiger partial charge is 0.456 e. The van der Waals surface area contributed by atoms with E-state index < -0.39 is 28.1 Å². The van der Waals surface area contributed by atoms with Gasteiger partial charge in [0.05, 0.1) is 16.1 Å². The predicted molar refractivity (Wildman–Crippen MR) is 109 cm³/mol. The molecule has 1 heterocycles. The van der Waals surface area contributed by atoms with Crippen LogP contribution in [0, 0.1) is 28.4 Å². The third-order valence-electron chi connectivity index (χ3n) is 4.34. The summed E-state index contributed by atoms with van der Waals surface area (Å²) in [5.74, 6) is -0.727. The maximum atomic E-state index is 12.8. The van der Waals surface area contributed by atoms with E-state index in [1.807, 2.05) is 0 Å². The van der Waals surface area contributed by atoms with E-state index in [9.17, 15) is 33.3 Å². The van der Waals surface area contributed by atoms with E-state index >= 15 is 0 Å². The summed E-state index contributed by atoms with van der Waals surface area (Å²) in [6.45, 7) is 1.70. The zero-order valence-corrected chi connectivity index (χ0v) is 16.4. The number of furan rings is 1. The summed E-state index contributed by atoms with van der Waals surface area (Å²) in [5.41, 5.74) is -0.786. The van der Waals surface area contributed by atoms with Gasteiger partial charge < -0.3 is 9.73 Å². The number of nitro benzene ring substituents is 1. The molecule has 1 aromatic heterocycles. The molecule has 0 aliphatic rings. The van der Waals surface area contributed by atoms with Gasteiger partial charge in [0.25, 0.3) is 11.6 Å². The number of hydrogen-bond acceptors (Lipinski definition) is 5. The van der Waals surface area contributed by atoms with Gasteiger partial charge in [0.1, 0.15) is 23.2 Å². The molecular weight excluding hydrogens is 427 g/mol. The van der Waals surface area contributed by atoms with Gasteiger partial charge in [0.2, 0.25) is 0 Å². The van der Waals surface area contributed by atoms with Crippen molar-refractivity contribution in [3.63, 3.8) is 0 Å². The SMILES string of the molecule is Cc1ccc(-c2ccc(/C=C(\C#N)C(=O)Nc3cccc(C(F)(F)F)c3)o2)c([N+](=O)[O-])c1. The predicted octanol–water partition coefficient (Wildman–Crippen LogP) is 5.73. The Balaban J connectivity index is 1.86. The van der Waals surface area contributed by atoms with Gasteiger partial charge in [0, 0.05) is 17.8 Å². The van der Waals surface area contributed by atoms with Gasteiger partial charge in [-0.25, -0.2) is 0 Å². The summed E-state index contributed by atoms with van der Waals surface area (Å²) < 4.78 is 44.0. The number of hydrogen-bond donors (Lipinski definition) is 1.